The first kappa shape index (κ1) is 35.6. The number of aryl methyl sites for hydroxylation is 1. The highest BCUT2D eigenvalue weighted by Crippen LogP contribution is 2.27. The molecule has 3 aliphatic rings. The maximum atomic E-state index is 13.7. The summed E-state index contributed by atoms with van der Waals surface area (Å²) in [5.41, 5.74) is 2.28. The second-order valence-electron chi connectivity index (χ2n) is 14.0. The first-order chi connectivity index (χ1) is 23.3. The van der Waals surface area contributed by atoms with Crippen LogP contribution in [0.2, 0.25) is 0 Å². The average Bonchev–Trinajstić information content (AvgIpc) is 3.56. The van der Waals surface area contributed by atoms with Crippen LogP contribution in [-0.2, 0) is 34.4 Å². The summed E-state index contributed by atoms with van der Waals surface area (Å²) >= 11 is 0. The fraction of sp³-hybridized carbons (Fsp3) is 0.649. The second kappa shape index (κ2) is 17.6. The summed E-state index contributed by atoms with van der Waals surface area (Å²) < 4.78 is 1.51. The number of nitrogens with zero attached hydrogens (tertiary/aromatic N) is 4. The smallest absolute Gasteiger partial charge is 0.270 e. The minimum Gasteiger partial charge on any atom is -0.350 e. The molecule has 11 nitrogen and oxygen atoms in total. The van der Waals surface area contributed by atoms with Crippen LogP contribution in [0.15, 0.2) is 36.5 Å². The number of hydrogen-bond donors (Lipinski definition) is 3. The normalized spacial score (nSPS) is 19.3. The molecule has 3 N–H and O–H groups in total. The Morgan fingerprint density at radius 2 is 1.48 bits per heavy atom. The Balaban J connectivity index is 1.15. The van der Waals surface area contributed by atoms with Crippen molar-refractivity contribution in [2.75, 3.05) is 32.7 Å². The fourth-order valence-corrected chi connectivity index (χ4v) is 7.61. The predicted octanol–water partition coefficient (Wildman–Crippen LogP) is 3.58. The van der Waals surface area contributed by atoms with Crippen molar-refractivity contribution in [3.8, 4) is 0 Å². The lowest BCUT2D eigenvalue weighted by atomic mass is 9.83. The third kappa shape index (κ3) is 9.90. The van der Waals surface area contributed by atoms with Gasteiger partial charge in [0.2, 0.25) is 17.7 Å². The van der Waals surface area contributed by atoms with Gasteiger partial charge in [-0.2, -0.15) is 5.10 Å². The fourth-order valence-electron chi connectivity index (χ4n) is 7.61. The van der Waals surface area contributed by atoms with E-state index < -0.39 is 12.1 Å². The monoisotopic (exact) mass is 661 g/mol. The molecule has 1 unspecified atom stereocenters. The van der Waals surface area contributed by atoms with Crippen molar-refractivity contribution in [2.24, 2.45) is 18.9 Å². The highest BCUT2D eigenvalue weighted by atomic mass is 16.2. The number of amides is 4. The van der Waals surface area contributed by atoms with Crippen LogP contribution in [0.25, 0.3) is 0 Å². The molecule has 4 amide bonds. The van der Waals surface area contributed by atoms with Gasteiger partial charge in [-0.05, 0) is 54.7 Å². The molecule has 262 valence electrons. The molecule has 0 bridgehead atoms. The first-order valence-corrected chi connectivity index (χ1v) is 18.3. The lowest BCUT2D eigenvalue weighted by Gasteiger charge is -2.38. The van der Waals surface area contributed by atoms with Crippen molar-refractivity contribution < 1.29 is 19.2 Å². The van der Waals surface area contributed by atoms with Crippen LogP contribution in [0, 0.1) is 11.8 Å². The molecule has 2 saturated carbocycles. The molecule has 1 aromatic carbocycles. The van der Waals surface area contributed by atoms with E-state index in [4.69, 9.17) is 0 Å². The van der Waals surface area contributed by atoms with Crippen LogP contribution in [0.3, 0.4) is 0 Å². The van der Waals surface area contributed by atoms with Crippen LogP contribution in [-0.4, -0.2) is 88.0 Å². The Morgan fingerprint density at radius 1 is 0.833 bits per heavy atom. The molecule has 2 aromatic rings. The van der Waals surface area contributed by atoms with E-state index in [0.717, 1.165) is 68.8 Å². The third-order valence-corrected chi connectivity index (χ3v) is 10.6. The second-order valence-corrected chi connectivity index (χ2v) is 14.0. The van der Waals surface area contributed by atoms with Gasteiger partial charge in [0.15, 0.2) is 0 Å². The van der Waals surface area contributed by atoms with Gasteiger partial charge in [-0.1, -0.05) is 69.7 Å². The average molecular weight is 662 g/mol. The molecular weight excluding hydrogens is 606 g/mol. The number of hydrogen-bond acceptors (Lipinski definition) is 6. The van der Waals surface area contributed by atoms with Gasteiger partial charge >= 0.3 is 0 Å². The summed E-state index contributed by atoms with van der Waals surface area (Å²) in [6, 6.07) is 8.24. The standard InChI is InChI=1S/C37H55N7O4/c1-3-33(45)40-31(37(48)44-22-20-43(21-23-44)26-29-10-6-4-7-11-29)24-27-14-16-28(17-15-27)25-38-36(47)34(30-12-8-5-9-13-30)41-35(46)32-18-19-39-42(32)2/h14-19,29-31,34H,3-13,20-26H2,1-2H3,(H,38,47)(H,40,45)(H,41,46)/t31-,34?/m1/s1. The van der Waals surface area contributed by atoms with Gasteiger partial charge in [0.1, 0.15) is 17.8 Å². The molecule has 1 aromatic heterocycles. The molecule has 2 atom stereocenters. The molecule has 0 radical (unpaired) electrons. The lowest BCUT2D eigenvalue weighted by molar-refractivity contribution is -0.138. The molecular formula is C37H55N7O4. The van der Waals surface area contributed by atoms with Crippen LogP contribution >= 0.6 is 0 Å². The third-order valence-electron chi connectivity index (χ3n) is 10.6. The van der Waals surface area contributed by atoms with Crippen LogP contribution < -0.4 is 16.0 Å². The van der Waals surface area contributed by atoms with Gasteiger partial charge in [0.05, 0.1) is 0 Å². The first-order valence-electron chi connectivity index (χ1n) is 18.3. The number of carbonyl (C=O) groups excluding carboxylic acids is 4. The molecule has 1 aliphatic heterocycles. The summed E-state index contributed by atoms with van der Waals surface area (Å²) in [5.74, 6) is 0.231. The van der Waals surface area contributed by atoms with Crippen molar-refractivity contribution in [3.05, 3.63) is 53.3 Å². The van der Waals surface area contributed by atoms with E-state index in [2.05, 4.69) is 25.9 Å². The topological polar surface area (TPSA) is 129 Å². The largest absolute Gasteiger partial charge is 0.350 e. The molecule has 11 heteroatoms. The van der Waals surface area contributed by atoms with Gasteiger partial charge < -0.3 is 20.9 Å². The van der Waals surface area contributed by atoms with Gasteiger partial charge in [-0.25, -0.2) is 0 Å². The van der Waals surface area contributed by atoms with E-state index in [9.17, 15) is 19.2 Å². The summed E-state index contributed by atoms with van der Waals surface area (Å²) in [4.78, 5) is 57.0. The number of rotatable bonds is 13. The summed E-state index contributed by atoms with van der Waals surface area (Å²) in [6.07, 6.45) is 14.0. The van der Waals surface area contributed by atoms with E-state index >= 15 is 0 Å². The summed E-state index contributed by atoms with van der Waals surface area (Å²) in [5, 5.41) is 13.1. The molecule has 2 aliphatic carbocycles. The Labute approximate surface area is 285 Å². The zero-order chi connectivity index (χ0) is 33.9. The molecule has 1 saturated heterocycles. The van der Waals surface area contributed by atoms with Gasteiger partial charge in [0.25, 0.3) is 5.91 Å². The van der Waals surface area contributed by atoms with Crippen molar-refractivity contribution in [3.63, 3.8) is 0 Å². The van der Waals surface area contributed by atoms with Gasteiger partial charge in [-0.15, -0.1) is 0 Å². The van der Waals surface area contributed by atoms with E-state index in [1.54, 1.807) is 26.2 Å². The SMILES string of the molecule is CCC(=O)N[C@H](Cc1ccc(CNC(=O)C(NC(=O)c2ccnn2C)C2CCCCC2)cc1)C(=O)N1CCN(CC2CCCCC2)CC1. The molecule has 0 spiro atoms. The van der Waals surface area contributed by atoms with Crippen molar-refractivity contribution in [2.45, 2.75) is 103 Å². The zero-order valence-electron chi connectivity index (χ0n) is 28.9. The Morgan fingerprint density at radius 3 is 2.10 bits per heavy atom. The number of nitrogens with one attached hydrogen (secondary N) is 3. The van der Waals surface area contributed by atoms with Gasteiger partial charge in [0, 0.05) is 65.4 Å². The maximum absolute atomic E-state index is 13.7. The number of piperazine rings is 1. The number of aromatic nitrogens is 2. The van der Waals surface area contributed by atoms with Crippen molar-refractivity contribution >= 4 is 23.6 Å². The van der Waals surface area contributed by atoms with Crippen molar-refractivity contribution in [1.29, 1.82) is 0 Å². The molecule has 5 rings (SSSR count). The van der Waals surface area contributed by atoms with Gasteiger partial charge in [-0.3, -0.25) is 28.8 Å². The van der Waals surface area contributed by atoms with Crippen LogP contribution in [0.5, 0.6) is 0 Å². The summed E-state index contributed by atoms with van der Waals surface area (Å²) in [6.45, 7) is 6.39. The highest BCUT2D eigenvalue weighted by Gasteiger charge is 2.32. The molecule has 48 heavy (non-hydrogen) atoms. The Bertz CT molecular complexity index is 1360. The van der Waals surface area contributed by atoms with E-state index in [0.29, 0.717) is 38.2 Å². The van der Waals surface area contributed by atoms with Crippen LogP contribution in [0.1, 0.15) is 99.2 Å². The lowest BCUT2D eigenvalue weighted by Crippen LogP contribution is -2.56. The molecule has 3 fully saturated rings. The maximum Gasteiger partial charge on any atom is 0.270 e. The number of carbonyl (C=O) groups is 4. The van der Waals surface area contributed by atoms with E-state index in [1.807, 2.05) is 29.2 Å². The van der Waals surface area contributed by atoms with E-state index in [-0.39, 0.29) is 29.5 Å². The zero-order valence-corrected chi connectivity index (χ0v) is 28.9. The Hall–Kier alpha value is -3.73. The van der Waals surface area contributed by atoms with E-state index in [1.165, 1.54) is 36.8 Å². The Kier molecular flexibility index (Phi) is 13.0. The quantitative estimate of drug-likeness (QED) is 0.301. The number of benzene rings is 1. The molecule has 2 heterocycles. The van der Waals surface area contributed by atoms with Crippen LogP contribution in [0.4, 0.5) is 0 Å². The highest BCUT2D eigenvalue weighted by molar-refractivity contribution is 5.96. The predicted molar refractivity (Wildman–Crippen MR) is 185 cm³/mol. The van der Waals surface area contributed by atoms with Crippen molar-refractivity contribution in [1.82, 2.24) is 35.5 Å². The summed E-state index contributed by atoms with van der Waals surface area (Å²) in [7, 11) is 1.71. The minimum atomic E-state index is -0.618. The minimum absolute atomic E-state index is 0.0209.